The standard InChI is InChI=1S/C25H26ClN5O2/c1-29-11-12-31(25(29)33)23-6-5-17(14-22(23)26)20-3-2-4-21(24(20)32)18-13-19(16-28-15-18)30-9-7-27-8-10-30/h2-6,13-16,27,32H,7-12H2,1H3. The average Bonchev–Trinajstić information content (AvgIpc) is 3.18. The van der Waals surface area contributed by atoms with E-state index in [-0.39, 0.29) is 11.8 Å². The van der Waals surface area contributed by atoms with Gasteiger partial charge in [-0.25, -0.2) is 4.79 Å². The summed E-state index contributed by atoms with van der Waals surface area (Å²) in [5, 5.41) is 15.0. The van der Waals surface area contributed by atoms with Crippen molar-refractivity contribution in [3.63, 3.8) is 0 Å². The highest BCUT2D eigenvalue weighted by Gasteiger charge is 2.28. The van der Waals surface area contributed by atoms with Gasteiger partial charge in [-0.1, -0.05) is 35.9 Å². The lowest BCUT2D eigenvalue weighted by atomic mass is 9.97. The summed E-state index contributed by atoms with van der Waals surface area (Å²) in [5.74, 6) is 0.178. The number of hydrogen-bond donors (Lipinski definition) is 2. The van der Waals surface area contributed by atoms with Crippen molar-refractivity contribution in [1.82, 2.24) is 15.2 Å². The summed E-state index contributed by atoms with van der Waals surface area (Å²) in [4.78, 5) is 22.4. The predicted molar refractivity (Wildman–Crippen MR) is 132 cm³/mol. The van der Waals surface area contributed by atoms with Crippen molar-refractivity contribution in [3.8, 4) is 28.0 Å². The summed E-state index contributed by atoms with van der Waals surface area (Å²) in [7, 11) is 1.78. The quantitative estimate of drug-likeness (QED) is 0.610. The first-order valence-electron chi connectivity index (χ1n) is 11.1. The number of urea groups is 1. The van der Waals surface area contributed by atoms with Crippen LogP contribution in [0.4, 0.5) is 16.2 Å². The lowest BCUT2D eigenvalue weighted by molar-refractivity contribution is 0.229. The Morgan fingerprint density at radius 1 is 0.970 bits per heavy atom. The normalized spacial score (nSPS) is 16.5. The Kier molecular flexibility index (Phi) is 5.83. The van der Waals surface area contributed by atoms with Gasteiger partial charge in [0.15, 0.2) is 0 Å². The van der Waals surface area contributed by atoms with Gasteiger partial charge in [0.1, 0.15) is 5.75 Å². The molecule has 2 aromatic carbocycles. The van der Waals surface area contributed by atoms with E-state index in [0.29, 0.717) is 34.9 Å². The number of phenols is 1. The van der Waals surface area contributed by atoms with Crippen LogP contribution in [-0.4, -0.2) is 67.3 Å². The van der Waals surface area contributed by atoms with Crippen LogP contribution in [-0.2, 0) is 0 Å². The van der Waals surface area contributed by atoms with E-state index >= 15 is 0 Å². The smallest absolute Gasteiger partial charge is 0.324 e. The summed E-state index contributed by atoms with van der Waals surface area (Å²) >= 11 is 6.57. The van der Waals surface area contributed by atoms with Crippen LogP contribution in [0.1, 0.15) is 0 Å². The number of halogens is 1. The minimum atomic E-state index is -0.0636. The van der Waals surface area contributed by atoms with Crippen molar-refractivity contribution in [2.45, 2.75) is 0 Å². The van der Waals surface area contributed by atoms with Crippen LogP contribution in [0.25, 0.3) is 22.3 Å². The van der Waals surface area contributed by atoms with Crippen molar-refractivity contribution in [1.29, 1.82) is 0 Å². The second-order valence-corrected chi connectivity index (χ2v) is 8.80. The number of pyridine rings is 1. The second-order valence-electron chi connectivity index (χ2n) is 8.39. The lowest BCUT2D eigenvalue weighted by Gasteiger charge is -2.29. The topological polar surface area (TPSA) is 71.9 Å². The van der Waals surface area contributed by atoms with Crippen molar-refractivity contribution in [2.24, 2.45) is 0 Å². The van der Waals surface area contributed by atoms with Crippen molar-refractivity contribution < 1.29 is 9.90 Å². The average molecular weight is 464 g/mol. The Balaban J connectivity index is 1.47. The Bertz CT molecular complexity index is 1200. The molecule has 2 saturated heterocycles. The molecular formula is C25H26ClN5O2. The molecule has 3 heterocycles. The Morgan fingerprint density at radius 3 is 2.42 bits per heavy atom. The number of likely N-dealkylation sites (N-methyl/N-ethyl adjacent to an activating group) is 1. The monoisotopic (exact) mass is 463 g/mol. The molecule has 170 valence electrons. The molecule has 2 N–H and O–H groups in total. The third-order valence-electron chi connectivity index (χ3n) is 6.32. The minimum absolute atomic E-state index is 0.0636. The summed E-state index contributed by atoms with van der Waals surface area (Å²) < 4.78 is 0. The fourth-order valence-corrected chi connectivity index (χ4v) is 4.73. The molecule has 0 radical (unpaired) electrons. The van der Waals surface area contributed by atoms with Gasteiger partial charge in [0, 0.05) is 69.2 Å². The van der Waals surface area contributed by atoms with Crippen molar-refractivity contribution >= 4 is 29.0 Å². The maximum atomic E-state index is 12.4. The van der Waals surface area contributed by atoms with Gasteiger partial charge in [-0.3, -0.25) is 9.88 Å². The first-order chi connectivity index (χ1) is 16.0. The highest BCUT2D eigenvalue weighted by atomic mass is 35.5. The molecule has 7 nitrogen and oxygen atoms in total. The number of para-hydroxylation sites is 1. The zero-order valence-electron chi connectivity index (χ0n) is 18.5. The molecule has 0 spiro atoms. The maximum absolute atomic E-state index is 12.4. The van der Waals surface area contributed by atoms with Crippen molar-refractivity contribution in [3.05, 3.63) is 59.9 Å². The maximum Gasteiger partial charge on any atom is 0.324 e. The summed E-state index contributed by atoms with van der Waals surface area (Å²) in [6.07, 6.45) is 3.64. The molecule has 0 unspecified atom stereocenters. The SMILES string of the molecule is CN1CCN(c2ccc(-c3cccc(-c4cncc(N5CCNCC5)c4)c3O)cc2Cl)C1=O. The molecule has 2 aliphatic rings. The number of carbonyl (C=O) groups is 1. The number of rotatable bonds is 4. The van der Waals surface area contributed by atoms with E-state index in [1.165, 1.54) is 0 Å². The van der Waals surface area contributed by atoms with Gasteiger partial charge in [-0.2, -0.15) is 0 Å². The molecule has 33 heavy (non-hydrogen) atoms. The Morgan fingerprint density at radius 2 is 1.73 bits per heavy atom. The van der Waals surface area contributed by atoms with Crippen LogP contribution in [0.15, 0.2) is 54.9 Å². The van der Waals surface area contributed by atoms with E-state index in [1.807, 2.05) is 36.5 Å². The largest absolute Gasteiger partial charge is 0.507 e. The molecule has 5 rings (SSSR count). The van der Waals surface area contributed by atoms with E-state index < -0.39 is 0 Å². The summed E-state index contributed by atoms with van der Waals surface area (Å²) in [6, 6.07) is 13.2. The number of nitrogens with zero attached hydrogens (tertiary/aromatic N) is 4. The van der Waals surface area contributed by atoms with Crippen LogP contribution in [0.3, 0.4) is 0 Å². The molecule has 2 aliphatic heterocycles. The van der Waals surface area contributed by atoms with Gasteiger partial charge in [-0.05, 0) is 23.8 Å². The van der Waals surface area contributed by atoms with Gasteiger partial charge < -0.3 is 20.2 Å². The number of hydrogen-bond acceptors (Lipinski definition) is 5. The van der Waals surface area contributed by atoms with E-state index in [2.05, 4.69) is 21.3 Å². The first-order valence-corrected chi connectivity index (χ1v) is 11.5. The van der Waals surface area contributed by atoms with Crippen LogP contribution in [0, 0.1) is 0 Å². The van der Waals surface area contributed by atoms with Crippen molar-refractivity contribution in [2.75, 3.05) is 56.1 Å². The van der Waals surface area contributed by atoms with E-state index in [1.54, 1.807) is 29.1 Å². The number of benzene rings is 2. The molecule has 8 heteroatoms. The molecule has 3 aromatic rings. The van der Waals surface area contributed by atoms with E-state index in [0.717, 1.165) is 43.0 Å². The van der Waals surface area contributed by atoms with Gasteiger partial charge in [0.2, 0.25) is 0 Å². The molecule has 2 amide bonds. The number of anilines is 2. The third kappa shape index (κ3) is 4.10. The predicted octanol–water partition coefficient (Wildman–Crippen LogP) is 4.06. The highest BCUT2D eigenvalue weighted by Crippen LogP contribution is 2.41. The van der Waals surface area contributed by atoms with E-state index in [4.69, 9.17) is 11.6 Å². The molecule has 0 atom stereocenters. The van der Waals surface area contributed by atoms with Crippen LogP contribution in [0.5, 0.6) is 5.75 Å². The van der Waals surface area contributed by atoms with Gasteiger partial charge in [0.25, 0.3) is 0 Å². The van der Waals surface area contributed by atoms with Crippen LogP contribution < -0.4 is 15.1 Å². The summed E-state index contributed by atoms with van der Waals surface area (Å²) in [5.41, 5.74) is 4.77. The zero-order valence-corrected chi connectivity index (χ0v) is 19.2. The van der Waals surface area contributed by atoms with Gasteiger partial charge in [-0.15, -0.1) is 0 Å². The third-order valence-corrected chi connectivity index (χ3v) is 6.62. The number of aromatic hydroxyl groups is 1. The second kappa shape index (κ2) is 8.92. The number of nitrogens with one attached hydrogen (secondary N) is 1. The molecule has 0 saturated carbocycles. The lowest BCUT2D eigenvalue weighted by Crippen LogP contribution is -2.43. The van der Waals surface area contributed by atoms with Gasteiger partial charge >= 0.3 is 6.03 Å². The van der Waals surface area contributed by atoms with Gasteiger partial charge in [0.05, 0.1) is 22.6 Å². The fourth-order valence-electron chi connectivity index (χ4n) is 4.44. The van der Waals surface area contributed by atoms with Crippen LogP contribution in [0.2, 0.25) is 5.02 Å². The minimum Gasteiger partial charge on any atom is -0.507 e. The fraction of sp³-hybridized carbons (Fsp3) is 0.280. The molecule has 1 aromatic heterocycles. The number of phenolic OH excluding ortho intramolecular Hbond substituents is 1. The summed E-state index contributed by atoms with van der Waals surface area (Å²) in [6.45, 7) is 5.02. The number of piperazine rings is 1. The zero-order chi connectivity index (χ0) is 22.9. The Hall–Kier alpha value is -3.29. The number of aromatic nitrogens is 1. The number of amides is 2. The molecule has 0 bridgehead atoms. The first kappa shape index (κ1) is 21.6. The van der Waals surface area contributed by atoms with Crippen LogP contribution >= 0.6 is 11.6 Å². The number of carbonyl (C=O) groups excluding carboxylic acids is 1. The molecular weight excluding hydrogens is 438 g/mol. The Labute approximate surface area is 198 Å². The molecule has 0 aliphatic carbocycles. The highest BCUT2D eigenvalue weighted by molar-refractivity contribution is 6.34. The van der Waals surface area contributed by atoms with E-state index in [9.17, 15) is 9.90 Å². The molecule has 2 fully saturated rings.